The Kier molecular flexibility index (Phi) is 5.38. The molecule has 1 N–H and O–H groups in total. The summed E-state index contributed by atoms with van der Waals surface area (Å²) in [5.41, 5.74) is 2.54. The predicted octanol–water partition coefficient (Wildman–Crippen LogP) is 4.14. The van der Waals surface area contributed by atoms with E-state index >= 15 is 0 Å². The van der Waals surface area contributed by atoms with E-state index in [0.717, 1.165) is 55.0 Å². The maximum absolute atomic E-state index is 12.6. The number of alkyl halides is 2. The fraction of sp³-hybridized carbons (Fsp3) is 0.238. The molecule has 2 aromatic carbocycles. The number of carbonyl (C=O) groups excluding carboxylic acids is 1. The summed E-state index contributed by atoms with van der Waals surface area (Å²) in [6.07, 6.45) is 5.32. The Morgan fingerprint density at radius 3 is 2.37 bits per heavy atom. The summed E-state index contributed by atoms with van der Waals surface area (Å²) in [6.45, 7) is 0.980. The van der Waals surface area contributed by atoms with Crippen LogP contribution in [0.4, 0.5) is 14.5 Å². The molecule has 9 heteroatoms. The largest absolute Gasteiger partial charge is 0.341 e. The number of aryl methyl sites for hydroxylation is 2. The molecule has 1 aliphatic heterocycles. The van der Waals surface area contributed by atoms with Crippen LogP contribution in [-0.4, -0.2) is 29.6 Å². The van der Waals surface area contributed by atoms with Crippen molar-refractivity contribution in [3.63, 3.8) is 0 Å². The van der Waals surface area contributed by atoms with Crippen LogP contribution in [0, 0.1) is 0 Å². The highest BCUT2D eigenvalue weighted by Gasteiger charge is 2.26. The summed E-state index contributed by atoms with van der Waals surface area (Å²) in [5.74, 6) is -2.89. The molecule has 2 heterocycles. The van der Waals surface area contributed by atoms with E-state index < -0.39 is 26.4 Å². The number of hydrogen-bond donors (Lipinski definition) is 1. The predicted molar refractivity (Wildman–Crippen MR) is 108 cm³/mol. The lowest BCUT2D eigenvalue weighted by Crippen LogP contribution is -2.14. The zero-order valence-electron chi connectivity index (χ0n) is 15.9. The van der Waals surface area contributed by atoms with Gasteiger partial charge in [0, 0.05) is 36.0 Å². The van der Waals surface area contributed by atoms with Gasteiger partial charge in [0.15, 0.2) is 0 Å². The second kappa shape index (κ2) is 7.98. The molecule has 0 saturated carbocycles. The number of sulfone groups is 1. The van der Waals surface area contributed by atoms with Gasteiger partial charge in [-0.25, -0.2) is 13.4 Å². The number of halogens is 2. The van der Waals surface area contributed by atoms with Crippen molar-refractivity contribution in [2.75, 3.05) is 5.32 Å². The zero-order chi connectivity index (χ0) is 21.3. The van der Waals surface area contributed by atoms with Crippen LogP contribution in [0.15, 0.2) is 59.6 Å². The number of hydrogen-bond acceptors (Lipinski definition) is 4. The second-order valence-corrected chi connectivity index (χ2v) is 8.97. The second-order valence-electron chi connectivity index (χ2n) is 7.05. The van der Waals surface area contributed by atoms with E-state index in [1.165, 1.54) is 12.1 Å². The Morgan fingerprint density at radius 1 is 1.03 bits per heavy atom. The van der Waals surface area contributed by atoms with Gasteiger partial charge in [0.2, 0.25) is 9.84 Å². The number of imidazole rings is 1. The molecule has 1 aliphatic rings. The van der Waals surface area contributed by atoms with Crippen molar-refractivity contribution in [1.82, 2.24) is 9.55 Å². The average Bonchev–Trinajstić information content (AvgIpc) is 3.18. The number of rotatable bonds is 5. The molecule has 30 heavy (non-hydrogen) atoms. The Hall–Kier alpha value is -3.07. The molecule has 0 aliphatic carbocycles. The van der Waals surface area contributed by atoms with Gasteiger partial charge in [0.1, 0.15) is 5.82 Å². The number of amides is 1. The molecular formula is C21H19F2N3O3S. The molecule has 3 aromatic rings. The Morgan fingerprint density at radius 2 is 1.73 bits per heavy atom. The van der Waals surface area contributed by atoms with Crippen LogP contribution in [0.5, 0.6) is 0 Å². The molecule has 156 valence electrons. The molecule has 0 fully saturated rings. The van der Waals surface area contributed by atoms with Crippen molar-refractivity contribution in [1.29, 1.82) is 0 Å². The van der Waals surface area contributed by atoms with Crippen LogP contribution in [0.1, 0.15) is 29.0 Å². The summed E-state index contributed by atoms with van der Waals surface area (Å²) in [6, 6.07) is 11.6. The molecule has 0 saturated heterocycles. The van der Waals surface area contributed by atoms with Gasteiger partial charge in [-0.15, -0.1) is 0 Å². The van der Waals surface area contributed by atoms with Crippen molar-refractivity contribution in [2.24, 2.45) is 0 Å². The first-order valence-corrected chi connectivity index (χ1v) is 11.0. The standard InChI is InChI=1S/C21H19F2N3O3S/c22-21(23)30(28,29)17-10-6-15(7-11-17)20(27)24-16-8-4-14(5-9-16)18-13-26-12-2-1-3-19(26)25-18/h4-11,13,21H,1-3,12H2,(H,24,27). The lowest BCUT2D eigenvalue weighted by atomic mass is 10.1. The molecule has 4 rings (SSSR count). The van der Waals surface area contributed by atoms with Gasteiger partial charge in [0.05, 0.1) is 10.6 Å². The van der Waals surface area contributed by atoms with Crippen molar-refractivity contribution in [3.05, 3.63) is 66.1 Å². The molecule has 0 unspecified atom stereocenters. The number of nitrogens with zero attached hydrogens (tertiary/aromatic N) is 2. The van der Waals surface area contributed by atoms with Crippen molar-refractivity contribution < 1.29 is 22.0 Å². The quantitative estimate of drug-likeness (QED) is 0.659. The fourth-order valence-electron chi connectivity index (χ4n) is 3.38. The lowest BCUT2D eigenvalue weighted by molar-refractivity contribution is 0.102. The van der Waals surface area contributed by atoms with E-state index in [1.807, 2.05) is 18.3 Å². The van der Waals surface area contributed by atoms with Gasteiger partial charge in [-0.05, 0) is 49.2 Å². The number of fused-ring (bicyclic) bond motifs is 1. The third kappa shape index (κ3) is 3.97. The van der Waals surface area contributed by atoms with Crippen LogP contribution in [-0.2, 0) is 22.8 Å². The number of carbonyl (C=O) groups is 1. The molecular weight excluding hydrogens is 412 g/mol. The highest BCUT2D eigenvalue weighted by molar-refractivity contribution is 7.91. The van der Waals surface area contributed by atoms with Gasteiger partial charge >= 0.3 is 5.76 Å². The Balaban J connectivity index is 1.45. The first kappa shape index (κ1) is 20.2. The zero-order valence-corrected chi connectivity index (χ0v) is 16.7. The highest BCUT2D eigenvalue weighted by Crippen LogP contribution is 2.24. The van der Waals surface area contributed by atoms with Crippen LogP contribution >= 0.6 is 0 Å². The van der Waals surface area contributed by atoms with Gasteiger partial charge < -0.3 is 9.88 Å². The number of nitrogens with one attached hydrogen (secondary N) is 1. The lowest BCUT2D eigenvalue weighted by Gasteiger charge is -2.11. The summed E-state index contributed by atoms with van der Waals surface area (Å²) in [4.78, 5) is 16.5. The normalized spacial score (nSPS) is 13.8. The number of aromatic nitrogens is 2. The van der Waals surface area contributed by atoms with Crippen molar-refractivity contribution in [3.8, 4) is 11.3 Å². The van der Waals surface area contributed by atoms with Crippen molar-refractivity contribution >= 4 is 21.4 Å². The number of benzene rings is 2. The summed E-state index contributed by atoms with van der Waals surface area (Å²) >= 11 is 0. The van der Waals surface area contributed by atoms with E-state index in [-0.39, 0.29) is 5.56 Å². The van der Waals surface area contributed by atoms with Crippen molar-refractivity contribution in [2.45, 2.75) is 36.5 Å². The van der Waals surface area contributed by atoms with Crippen LogP contribution < -0.4 is 5.32 Å². The van der Waals surface area contributed by atoms with Crippen LogP contribution in [0.3, 0.4) is 0 Å². The van der Waals surface area contributed by atoms with Gasteiger partial charge in [-0.3, -0.25) is 4.79 Å². The molecule has 0 atom stereocenters. The SMILES string of the molecule is O=C(Nc1ccc(-c2cn3c(n2)CCCC3)cc1)c1ccc(S(=O)(=O)C(F)F)cc1. The van der Waals surface area contributed by atoms with E-state index in [4.69, 9.17) is 0 Å². The highest BCUT2D eigenvalue weighted by atomic mass is 32.2. The molecule has 1 amide bonds. The monoisotopic (exact) mass is 431 g/mol. The van der Waals surface area contributed by atoms with E-state index in [1.54, 1.807) is 12.1 Å². The summed E-state index contributed by atoms with van der Waals surface area (Å²) < 4.78 is 50.3. The Bertz CT molecular complexity index is 1150. The molecule has 0 bridgehead atoms. The first-order chi connectivity index (χ1) is 14.3. The van der Waals surface area contributed by atoms with E-state index in [9.17, 15) is 22.0 Å². The van der Waals surface area contributed by atoms with E-state index in [0.29, 0.717) is 5.69 Å². The van der Waals surface area contributed by atoms with E-state index in [2.05, 4.69) is 14.9 Å². The molecule has 0 spiro atoms. The van der Waals surface area contributed by atoms with Crippen LogP contribution in [0.2, 0.25) is 0 Å². The van der Waals surface area contributed by atoms with Gasteiger partial charge in [0.25, 0.3) is 5.91 Å². The van der Waals surface area contributed by atoms with Crippen LogP contribution in [0.25, 0.3) is 11.3 Å². The maximum Gasteiger partial charge on any atom is 0.341 e. The number of anilines is 1. The summed E-state index contributed by atoms with van der Waals surface area (Å²) in [5, 5.41) is 2.70. The molecule has 1 aromatic heterocycles. The minimum Gasteiger partial charge on any atom is -0.334 e. The topological polar surface area (TPSA) is 81.1 Å². The third-order valence-corrected chi connectivity index (χ3v) is 6.43. The fourth-order valence-corrected chi connectivity index (χ4v) is 4.10. The smallest absolute Gasteiger partial charge is 0.334 e. The van der Waals surface area contributed by atoms with Gasteiger partial charge in [-0.1, -0.05) is 12.1 Å². The average molecular weight is 431 g/mol. The first-order valence-electron chi connectivity index (χ1n) is 9.44. The maximum atomic E-state index is 12.6. The van der Waals surface area contributed by atoms with Gasteiger partial charge in [-0.2, -0.15) is 8.78 Å². The minimum absolute atomic E-state index is 0.161. The Labute approximate surface area is 172 Å². The molecule has 6 nitrogen and oxygen atoms in total. The summed E-state index contributed by atoms with van der Waals surface area (Å²) in [7, 11) is -4.68. The third-order valence-electron chi connectivity index (χ3n) is 5.03. The minimum atomic E-state index is -4.68. The molecule has 0 radical (unpaired) electrons.